The summed E-state index contributed by atoms with van der Waals surface area (Å²) in [6.07, 6.45) is 0.414. The molecule has 1 N–H and O–H groups in total. The van der Waals surface area contributed by atoms with Gasteiger partial charge in [0.2, 0.25) is 0 Å². The van der Waals surface area contributed by atoms with Crippen molar-refractivity contribution in [1.29, 1.82) is 0 Å². The molecule has 0 radical (unpaired) electrons. The smallest absolute Gasteiger partial charge is 0.341 e. The molecule has 3 aromatic rings. The van der Waals surface area contributed by atoms with Crippen molar-refractivity contribution in [3.63, 3.8) is 0 Å². The normalized spacial score (nSPS) is 10.7. The lowest BCUT2D eigenvalue weighted by Crippen LogP contribution is -2.11. The average molecular weight is 391 g/mol. The Labute approximate surface area is 160 Å². The van der Waals surface area contributed by atoms with E-state index in [1.54, 1.807) is 24.3 Å². The maximum Gasteiger partial charge on any atom is 0.341 e. The highest BCUT2D eigenvalue weighted by atomic mass is 35.5. The molecule has 0 unspecified atom stereocenters. The molecular weight excluding hydrogens is 378 g/mol. The van der Waals surface area contributed by atoms with Crippen molar-refractivity contribution in [1.82, 2.24) is 10.1 Å². The monoisotopic (exact) mass is 390 g/mol. The molecule has 0 aliphatic carbocycles. The molecule has 9 heteroatoms. The summed E-state index contributed by atoms with van der Waals surface area (Å²) >= 11 is 11.9. The highest BCUT2D eigenvalue weighted by Gasteiger charge is 2.16. The quantitative estimate of drug-likeness (QED) is 0.650. The average Bonchev–Trinajstić information content (AvgIpc) is 3.05. The molecule has 0 atom stereocenters. The zero-order valence-electron chi connectivity index (χ0n) is 13.7. The van der Waals surface area contributed by atoms with Crippen LogP contribution in [0.15, 0.2) is 40.9 Å². The van der Waals surface area contributed by atoms with Crippen LogP contribution in [0.2, 0.25) is 10.0 Å². The molecule has 0 fully saturated rings. The van der Waals surface area contributed by atoms with E-state index in [4.69, 9.17) is 37.6 Å². The first kappa shape index (κ1) is 18.3. The molecule has 0 aliphatic heterocycles. The van der Waals surface area contributed by atoms with Gasteiger partial charge in [0.15, 0.2) is 12.4 Å². The topological polar surface area (TPSA) is 85.5 Å². The molecule has 0 saturated heterocycles. The molecule has 0 saturated carbocycles. The first-order valence-electron chi connectivity index (χ1n) is 7.64. The van der Waals surface area contributed by atoms with Gasteiger partial charge in [-0.15, -0.1) is 0 Å². The van der Waals surface area contributed by atoms with Crippen LogP contribution >= 0.6 is 23.2 Å². The van der Waals surface area contributed by atoms with Crippen LogP contribution in [0.4, 0.5) is 0 Å². The summed E-state index contributed by atoms with van der Waals surface area (Å²) < 4.78 is 10.6. The minimum absolute atomic E-state index is 0.254. The van der Waals surface area contributed by atoms with E-state index < -0.39 is 12.6 Å². The number of carboxylic acids is 1. The van der Waals surface area contributed by atoms with E-state index >= 15 is 0 Å². The molecule has 1 aromatic heterocycles. The second-order valence-corrected chi connectivity index (χ2v) is 6.44. The van der Waals surface area contributed by atoms with Gasteiger partial charge in [-0.2, -0.15) is 4.98 Å². The lowest BCUT2D eigenvalue weighted by Gasteiger charge is -2.08. The summed E-state index contributed by atoms with van der Waals surface area (Å²) in [6, 6.07) is 10.6. The molecule has 0 amide bonds. The van der Waals surface area contributed by atoms with Crippen molar-refractivity contribution in [2.24, 2.45) is 0 Å². The Morgan fingerprint density at radius 1 is 1.19 bits per heavy atom. The maximum atomic E-state index is 10.7. The second-order valence-electron chi connectivity index (χ2n) is 5.62. The fourth-order valence-electron chi connectivity index (χ4n) is 2.34. The van der Waals surface area contributed by atoms with Crippen molar-refractivity contribution in [2.75, 3.05) is 6.61 Å². The predicted octanol–water partition coefficient (Wildman–Crippen LogP) is 2.36. The third kappa shape index (κ3) is 4.36. The minimum atomic E-state index is -1.07. The fraction of sp³-hybridized carbons (Fsp3) is 0.118. The number of benzene rings is 2. The van der Waals surface area contributed by atoms with Gasteiger partial charge in [0.1, 0.15) is 13.6 Å². The number of hydrogen-bond donors (Lipinski definition) is 1. The Morgan fingerprint density at radius 2 is 2.00 bits per heavy atom. The van der Waals surface area contributed by atoms with Crippen molar-refractivity contribution in [3.8, 4) is 17.2 Å². The van der Waals surface area contributed by atoms with Crippen molar-refractivity contribution in [3.05, 3.63) is 57.8 Å². The Hall–Kier alpha value is -2.51. The molecule has 0 spiro atoms. The Morgan fingerprint density at radius 3 is 2.73 bits per heavy atom. The third-order valence-corrected chi connectivity index (χ3v) is 4.27. The van der Waals surface area contributed by atoms with E-state index in [-0.39, 0.29) is 5.89 Å². The molecule has 2 aromatic carbocycles. The summed E-state index contributed by atoms with van der Waals surface area (Å²) in [7, 11) is 1.90. The van der Waals surface area contributed by atoms with Gasteiger partial charge in [0.05, 0.1) is 15.6 Å². The third-order valence-electron chi connectivity index (χ3n) is 3.53. The van der Waals surface area contributed by atoms with Crippen molar-refractivity contribution < 1.29 is 19.2 Å². The summed E-state index contributed by atoms with van der Waals surface area (Å²) in [4.78, 5) is 15.1. The molecule has 132 valence electrons. The van der Waals surface area contributed by atoms with E-state index in [1.807, 2.05) is 20.0 Å². The van der Waals surface area contributed by atoms with Gasteiger partial charge >= 0.3 is 5.97 Å². The first-order chi connectivity index (χ1) is 12.4. The second kappa shape index (κ2) is 7.80. The van der Waals surface area contributed by atoms with E-state index in [2.05, 4.69) is 10.1 Å². The lowest BCUT2D eigenvalue weighted by molar-refractivity contribution is -0.139. The van der Waals surface area contributed by atoms with Crippen LogP contribution in [0.1, 0.15) is 11.4 Å². The van der Waals surface area contributed by atoms with Crippen molar-refractivity contribution in [2.45, 2.75) is 6.42 Å². The number of carbonyl (C=O) groups is 1. The number of nitrogens with zero attached hydrogens (tertiary/aromatic N) is 2. The zero-order valence-corrected chi connectivity index (χ0v) is 15.2. The summed E-state index contributed by atoms with van der Waals surface area (Å²) in [5.41, 5.74) is 2.38. The van der Waals surface area contributed by atoms with Crippen LogP contribution in [0.25, 0.3) is 11.5 Å². The molecule has 26 heavy (non-hydrogen) atoms. The summed E-state index contributed by atoms with van der Waals surface area (Å²) in [5.74, 6) is 0.0123. The summed E-state index contributed by atoms with van der Waals surface area (Å²) in [6.45, 7) is -0.458. The van der Waals surface area contributed by atoms with E-state index in [0.29, 0.717) is 33.6 Å². The molecule has 1 heterocycles. The van der Waals surface area contributed by atoms with Crippen molar-refractivity contribution >= 4 is 42.5 Å². The van der Waals surface area contributed by atoms with Crippen LogP contribution in [-0.2, 0) is 11.2 Å². The summed E-state index contributed by atoms with van der Waals surface area (Å²) in [5, 5.41) is 13.7. The van der Waals surface area contributed by atoms with Crippen LogP contribution in [0.3, 0.4) is 0 Å². The van der Waals surface area contributed by atoms with Gasteiger partial charge in [0.25, 0.3) is 5.89 Å². The Bertz CT molecular complexity index is 962. The number of aromatic nitrogens is 2. The van der Waals surface area contributed by atoms with Gasteiger partial charge in [-0.25, -0.2) is 4.79 Å². The van der Waals surface area contributed by atoms with Gasteiger partial charge in [0, 0.05) is 6.42 Å². The molecule has 0 aliphatic rings. The number of halogens is 2. The van der Waals surface area contributed by atoms with Gasteiger partial charge in [-0.05, 0) is 23.8 Å². The fourth-order valence-corrected chi connectivity index (χ4v) is 2.66. The molecule has 6 nitrogen and oxygen atoms in total. The largest absolute Gasteiger partial charge is 0.481 e. The number of hydrogen-bond acceptors (Lipinski definition) is 5. The maximum absolute atomic E-state index is 10.7. The van der Waals surface area contributed by atoms with E-state index in [9.17, 15) is 4.79 Å². The Kier molecular flexibility index (Phi) is 5.49. The minimum Gasteiger partial charge on any atom is -0.481 e. The van der Waals surface area contributed by atoms with E-state index in [1.165, 1.54) is 0 Å². The number of carboxylic acid groups (broad SMARTS) is 1. The van der Waals surface area contributed by atoms with Gasteiger partial charge < -0.3 is 14.4 Å². The highest BCUT2D eigenvalue weighted by Crippen LogP contribution is 2.28. The lowest BCUT2D eigenvalue weighted by atomic mass is 9.94. The molecule has 3 rings (SSSR count). The Balaban J connectivity index is 1.86. The number of aliphatic carboxylic acids is 1. The number of ether oxygens (including phenoxy) is 1. The SMILES string of the molecule is Bc1ccc(OCC(=O)O)c(-c2nc(Cc3ccc(Cl)c(Cl)c3)no2)c1. The van der Waals surface area contributed by atoms with Crippen LogP contribution < -0.4 is 10.2 Å². The zero-order chi connectivity index (χ0) is 18.7. The highest BCUT2D eigenvalue weighted by molar-refractivity contribution is 6.42. The van der Waals surface area contributed by atoms with Crippen LogP contribution in [0, 0.1) is 0 Å². The molecule has 0 bridgehead atoms. The van der Waals surface area contributed by atoms with Crippen LogP contribution in [0.5, 0.6) is 5.75 Å². The predicted molar refractivity (Wildman–Crippen MR) is 100 cm³/mol. The van der Waals surface area contributed by atoms with Crippen LogP contribution in [-0.4, -0.2) is 35.7 Å². The first-order valence-corrected chi connectivity index (χ1v) is 8.40. The van der Waals surface area contributed by atoms with Gasteiger partial charge in [-0.3, -0.25) is 0 Å². The molecular formula is C17H13BCl2N2O4. The number of rotatable bonds is 6. The van der Waals surface area contributed by atoms with Gasteiger partial charge in [-0.1, -0.05) is 52.0 Å². The standard InChI is InChI=1S/C17H13BCl2N2O4/c18-10-2-4-14(25-8-16(23)24)11(7-10)17-21-15(22-26-17)6-9-1-3-12(19)13(20)5-9/h1-5,7H,6,8,18H2,(H,23,24). The van der Waals surface area contributed by atoms with E-state index in [0.717, 1.165) is 11.0 Å².